The van der Waals surface area contributed by atoms with Gasteiger partial charge in [0.25, 0.3) is 11.5 Å². The molecule has 15 heteroatoms. The summed E-state index contributed by atoms with van der Waals surface area (Å²) < 4.78 is 5.80. The van der Waals surface area contributed by atoms with E-state index in [2.05, 4.69) is 82.0 Å². The van der Waals surface area contributed by atoms with E-state index in [1.807, 2.05) is 6.07 Å². The molecule has 2 heterocycles. The Balaban J connectivity index is 0.000000190. The molecule has 2 aromatic heterocycles. The molecule has 3 fully saturated rings. The summed E-state index contributed by atoms with van der Waals surface area (Å²) >= 11 is 0. The number of Topliss-reactive ketones (excluding diaryl/α,β-unsaturated/α-hetero) is 2. The molecule has 3 aromatic carbocycles. The van der Waals surface area contributed by atoms with Crippen molar-refractivity contribution in [3.8, 4) is 0 Å². The van der Waals surface area contributed by atoms with Gasteiger partial charge in [-0.1, -0.05) is 74.4 Å². The van der Waals surface area contributed by atoms with E-state index in [1.165, 1.54) is 37.2 Å². The highest BCUT2D eigenvalue weighted by atomic mass is 16.4. The Hall–Kier alpha value is -6.09. The molecule has 1 amide bonds. The third kappa shape index (κ3) is 16.7. The molecular formula is C59H85N7O8. The molecule has 0 aliphatic heterocycles. The van der Waals surface area contributed by atoms with Gasteiger partial charge in [-0.3, -0.25) is 28.7 Å². The first-order valence-corrected chi connectivity index (χ1v) is 26.6. The van der Waals surface area contributed by atoms with E-state index < -0.39 is 11.4 Å². The molecule has 0 spiro atoms. The molecule has 15 nitrogen and oxygen atoms in total. The number of fused-ring (bicyclic) bond motifs is 2. The average Bonchev–Trinajstić information content (AvgIpc) is 3.30. The Labute approximate surface area is 436 Å². The average molecular weight is 1020 g/mol. The van der Waals surface area contributed by atoms with Crippen LogP contribution in [0.15, 0.2) is 78.2 Å². The first-order valence-electron chi connectivity index (χ1n) is 26.6. The second kappa shape index (κ2) is 25.0. The van der Waals surface area contributed by atoms with Crippen LogP contribution in [-0.2, 0) is 22.4 Å². The molecule has 3 saturated carbocycles. The molecule has 0 saturated heterocycles. The van der Waals surface area contributed by atoms with Gasteiger partial charge in [0.1, 0.15) is 11.6 Å². The van der Waals surface area contributed by atoms with Crippen molar-refractivity contribution in [2.45, 2.75) is 184 Å². The van der Waals surface area contributed by atoms with Crippen molar-refractivity contribution in [2.75, 3.05) is 11.5 Å². The van der Waals surface area contributed by atoms with Crippen LogP contribution < -0.4 is 45.1 Å². The van der Waals surface area contributed by atoms with E-state index in [0.717, 1.165) is 74.3 Å². The predicted octanol–water partition coefficient (Wildman–Crippen LogP) is 9.95. The van der Waals surface area contributed by atoms with Gasteiger partial charge in [-0.15, -0.1) is 0 Å². The predicted molar refractivity (Wildman–Crippen MR) is 298 cm³/mol. The number of aromatic nitrogens is 3. The fourth-order valence-electron chi connectivity index (χ4n) is 10.9. The van der Waals surface area contributed by atoms with Crippen LogP contribution in [-0.4, -0.2) is 44.1 Å². The van der Waals surface area contributed by atoms with Crippen LogP contribution >= 0.6 is 0 Å². The number of H-pyrrole nitrogens is 2. The normalized spacial score (nSPS) is 21.2. The number of hydrogen-bond acceptors (Lipinski definition) is 11. The van der Waals surface area contributed by atoms with E-state index in [9.17, 15) is 33.6 Å². The minimum Gasteiger partial charge on any atom is -0.399 e. The second-order valence-corrected chi connectivity index (χ2v) is 24.5. The van der Waals surface area contributed by atoms with Gasteiger partial charge in [0.05, 0.1) is 27.4 Å². The van der Waals surface area contributed by atoms with Gasteiger partial charge in [-0.05, 0) is 178 Å². The van der Waals surface area contributed by atoms with Crippen LogP contribution in [0.1, 0.15) is 181 Å². The maximum atomic E-state index is 12.8. The summed E-state index contributed by atoms with van der Waals surface area (Å²) in [5.74, 6) is 1.44. The number of hydrogen-bond donors (Lipinski definition) is 6. The number of ketones is 2. The minimum atomic E-state index is -0.781. The molecule has 8 rings (SSSR count). The third-order valence-corrected chi connectivity index (χ3v) is 15.5. The first kappa shape index (κ1) is 58.8. The summed E-state index contributed by atoms with van der Waals surface area (Å²) in [6.45, 7) is 23.7. The van der Waals surface area contributed by atoms with Gasteiger partial charge < -0.3 is 31.9 Å². The molecule has 0 unspecified atom stereocenters. The molecule has 74 heavy (non-hydrogen) atoms. The Morgan fingerprint density at radius 2 is 1.08 bits per heavy atom. The lowest BCUT2D eigenvalue weighted by atomic mass is 9.71. The van der Waals surface area contributed by atoms with Crippen LogP contribution in [0, 0.1) is 34.0 Å². The van der Waals surface area contributed by atoms with Crippen molar-refractivity contribution in [1.82, 2.24) is 19.9 Å². The van der Waals surface area contributed by atoms with Crippen LogP contribution in [0.4, 0.5) is 11.4 Å². The lowest BCUT2D eigenvalue weighted by Crippen LogP contribution is -2.40. The Kier molecular flexibility index (Phi) is 19.8. The number of nitrogens with zero attached hydrogens (tertiary/aromatic N) is 1. The van der Waals surface area contributed by atoms with Crippen molar-refractivity contribution < 1.29 is 18.8 Å². The van der Waals surface area contributed by atoms with E-state index in [0.29, 0.717) is 62.6 Å². The van der Waals surface area contributed by atoms with Gasteiger partial charge in [0, 0.05) is 42.3 Å². The summed E-state index contributed by atoms with van der Waals surface area (Å²) in [4.78, 5) is 87.4. The topological polar surface area (TPSA) is 259 Å². The Morgan fingerprint density at radius 1 is 0.608 bits per heavy atom. The molecule has 9 N–H and O–H groups in total. The zero-order valence-electron chi connectivity index (χ0n) is 46.0. The molecule has 404 valence electrons. The van der Waals surface area contributed by atoms with E-state index in [4.69, 9.17) is 17.2 Å². The standard InChI is InChI=1S/C20H30N2O2.C18H25N3O2.C11H9NO4.C10H21N/c1-13(23)11-14-5-10-18(21)17(12-14)19(24)22-16-8-6-15(7-9-16)20(2,3)4;1-18(2,3)11-4-7-13(8-5-11)21-16(22)14-10-12(19)6-9-15(14)20-17(21)23;1-6(13)4-7-2-3-9-8(5-7)10(14)16-11(15)12-9;1-10(2,3)8-4-6-9(11)7-5-8/h5,10,12,15-16H,6-9,11,21H2,1-4H3,(H,22,24);6,9-11,13H,4-5,7-8,19H2,1-3H3,(H,20,23);2-3,5H,4H2,1H3,(H,12,15);8-9H,4-7,11H2,1-3H3. The molecule has 3 aliphatic rings. The number of amides is 1. The number of benzene rings is 3. The number of aromatic amines is 2. The number of nitrogens with one attached hydrogen (secondary N) is 3. The number of nitrogens with two attached hydrogens (primary N) is 3. The zero-order valence-corrected chi connectivity index (χ0v) is 46.0. The second-order valence-electron chi connectivity index (χ2n) is 24.5. The summed E-state index contributed by atoms with van der Waals surface area (Å²) in [7, 11) is 0. The van der Waals surface area contributed by atoms with Gasteiger partial charge >= 0.3 is 17.1 Å². The Bertz CT molecular complexity index is 2970. The summed E-state index contributed by atoms with van der Waals surface area (Å²) in [5, 5.41) is 3.89. The zero-order chi connectivity index (χ0) is 54.9. The van der Waals surface area contributed by atoms with Crippen molar-refractivity contribution in [1.29, 1.82) is 0 Å². The number of nitrogen functional groups attached to an aromatic ring is 2. The number of anilines is 2. The molecule has 0 radical (unpaired) electrons. The smallest absolute Gasteiger partial charge is 0.399 e. The van der Waals surface area contributed by atoms with E-state index in [1.54, 1.807) is 55.5 Å². The fraction of sp³-hybridized carbons (Fsp3) is 0.576. The highest BCUT2D eigenvalue weighted by Crippen LogP contribution is 2.41. The molecule has 3 aliphatic carbocycles. The third-order valence-electron chi connectivity index (χ3n) is 15.5. The SMILES string of the molecule is CC(=O)Cc1ccc(N)c(C(=O)NC2CCC(C(C)(C)C)CC2)c1.CC(=O)Cc1ccc2[nH]c(=O)oc(=O)c2c1.CC(C)(C)C1CCC(N)CC1.CC(C)(C)C1CCC(n2c(=O)[nH]c3ccc(N)cc3c2=O)CC1. The monoisotopic (exact) mass is 1020 g/mol. The summed E-state index contributed by atoms with van der Waals surface area (Å²) in [6, 6.07) is 15.8. The largest absolute Gasteiger partial charge is 0.419 e. The summed E-state index contributed by atoms with van der Waals surface area (Å²) in [6.07, 6.45) is 13.9. The van der Waals surface area contributed by atoms with Crippen molar-refractivity contribution in [3.05, 3.63) is 113 Å². The number of carbonyl (C=O) groups excluding carboxylic acids is 3. The van der Waals surface area contributed by atoms with Gasteiger partial charge in [-0.2, -0.15) is 0 Å². The molecule has 5 aromatic rings. The van der Waals surface area contributed by atoms with Crippen LogP contribution in [0.3, 0.4) is 0 Å². The van der Waals surface area contributed by atoms with Gasteiger partial charge in [0.15, 0.2) is 0 Å². The molecule has 0 atom stereocenters. The van der Waals surface area contributed by atoms with Crippen LogP contribution in [0.5, 0.6) is 0 Å². The van der Waals surface area contributed by atoms with Crippen LogP contribution in [0.2, 0.25) is 0 Å². The number of rotatable bonds is 7. The lowest BCUT2D eigenvalue weighted by molar-refractivity contribution is -0.117. The highest BCUT2D eigenvalue weighted by Gasteiger charge is 2.33. The quantitative estimate of drug-likeness (QED) is 0.0836. The molecule has 0 bridgehead atoms. The minimum absolute atomic E-state index is 0.00756. The van der Waals surface area contributed by atoms with Crippen molar-refractivity contribution in [2.24, 2.45) is 39.7 Å². The Morgan fingerprint density at radius 3 is 1.61 bits per heavy atom. The number of carbonyl (C=O) groups is 3. The first-order chi connectivity index (χ1) is 34.5. The highest BCUT2D eigenvalue weighted by molar-refractivity contribution is 5.99. The van der Waals surface area contributed by atoms with Crippen LogP contribution in [0.25, 0.3) is 21.8 Å². The van der Waals surface area contributed by atoms with E-state index in [-0.39, 0.29) is 58.0 Å². The van der Waals surface area contributed by atoms with Gasteiger partial charge in [-0.25, -0.2) is 14.4 Å². The van der Waals surface area contributed by atoms with E-state index >= 15 is 0 Å². The maximum absolute atomic E-state index is 12.8. The van der Waals surface area contributed by atoms with Crippen molar-refractivity contribution >= 4 is 50.7 Å². The lowest BCUT2D eigenvalue weighted by Gasteiger charge is -2.37. The fourth-order valence-corrected chi connectivity index (χ4v) is 10.9. The van der Waals surface area contributed by atoms with Crippen molar-refractivity contribution in [3.63, 3.8) is 0 Å². The molecular weight excluding hydrogens is 935 g/mol. The maximum Gasteiger partial charge on any atom is 0.419 e. The van der Waals surface area contributed by atoms with Gasteiger partial charge in [0.2, 0.25) is 0 Å². The summed E-state index contributed by atoms with van der Waals surface area (Å²) in [5.41, 5.74) is 21.5.